The van der Waals surface area contributed by atoms with E-state index in [1.807, 2.05) is 30.3 Å². The third-order valence-corrected chi connectivity index (χ3v) is 4.68. The molecule has 98 valence electrons. The van der Waals surface area contributed by atoms with Crippen LogP contribution in [0.25, 0.3) is 0 Å². The molecule has 0 spiro atoms. The van der Waals surface area contributed by atoms with E-state index in [9.17, 15) is 4.79 Å². The Morgan fingerprint density at radius 2 is 1.95 bits per heavy atom. The minimum atomic E-state index is 0.0806. The second-order valence-electron chi connectivity index (χ2n) is 4.94. The lowest BCUT2D eigenvalue weighted by Crippen LogP contribution is -2.23. The number of aryl methyl sites for hydroxylation is 1. The van der Waals surface area contributed by atoms with Gasteiger partial charge in [-0.15, -0.1) is 11.3 Å². The molecule has 0 atom stereocenters. The van der Waals surface area contributed by atoms with E-state index in [0.29, 0.717) is 6.54 Å². The average molecular weight is 271 g/mol. The molecule has 2 aromatic rings. The van der Waals surface area contributed by atoms with Gasteiger partial charge in [-0.25, -0.2) is 0 Å². The molecular formula is C16H17NOS. The van der Waals surface area contributed by atoms with Gasteiger partial charge < -0.3 is 5.32 Å². The van der Waals surface area contributed by atoms with Crippen molar-refractivity contribution in [3.8, 4) is 0 Å². The molecule has 3 heteroatoms. The zero-order valence-corrected chi connectivity index (χ0v) is 11.6. The SMILES string of the molecule is O=C(NCc1ccccc1)c1scc2c1CCCC2. The Kier molecular flexibility index (Phi) is 3.65. The second kappa shape index (κ2) is 5.57. The molecule has 1 aliphatic rings. The highest BCUT2D eigenvalue weighted by Gasteiger charge is 2.19. The van der Waals surface area contributed by atoms with Crippen molar-refractivity contribution in [3.05, 3.63) is 57.3 Å². The zero-order chi connectivity index (χ0) is 13.1. The molecule has 2 nitrogen and oxygen atoms in total. The Hall–Kier alpha value is -1.61. The molecule has 0 radical (unpaired) electrons. The molecule has 1 aromatic carbocycles. The lowest BCUT2D eigenvalue weighted by Gasteiger charge is -2.12. The van der Waals surface area contributed by atoms with Gasteiger partial charge in [0.25, 0.3) is 5.91 Å². The number of thiophene rings is 1. The van der Waals surface area contributed by atoms with Gasteiger partial charge in [-0.2, -0.15) is 0 Å². The summed E-state index contributed by atoms with van der Waals surface area (Å²) < 4.78 is 0. The normalized spacial score (nSPS) is 13.9. The van der Waals surface area contributed by atoms with Crippen LogP contribution in [0.1, 0.15) is 39.2 Å². The summed E-state index contributed by atoms with van der Waals surface area (Å²) in [6, 6.07) is 10.0. The molecule has 1 amide bonds. The Labute approximate surface area is 117 Å². The Balaban J connectivity index is 1.69. The van der Waals surface area contributed by atoms with Crippen molar-refractivity contribution in [2.75, 3.05) is 0 Å². The Bertz CT molecular complexity index is 574. The summed E-state index contributed by atoms with van der Waals surface area (Å²) in [6.45, 7) is 0.604. The predicted octanol–water partition coefficient (Wildman–Crippen LogP) is 3.56. The Morgan fingerprint density at radius 3 is 2.79 bits per heavy atom. The molecule has 1 heterocycles. The van der Waals surface area contributed by atoms with E-state index in [2.05, 4.69) is 10.7 Å². The van der Waals surface area contributed by atoms with Crippen LogP contribution < -0.4 is 5.32 Å². The molecule has 0 bridgehead atoms. The molecular weight excluding hydrogens is 254 g/mol. The van der Waals surface area contributed by atoms with Gasteiger partial charge in [0.2, 0.25) is 0 Å². The summed E-state index contributed by atoms with van der Waals surface area (Å²) >= 11 is 1.60. The van der Waals surface area contributed by atoms with Crippen LogP contribution in [0, 0.1) is 0 Å². The number of amides is 1. The first-order valence-corrected chi connectivity index (χ1v) is 7.64. The number of carbonyl (C=O) groups is 1. The van der Waals surface area contributed by atoms with Crippen LogP contribution >= 0.6 is 11.3 Å². The molecule has 0 saturated heterocycles. The molecule has 0 aliphatic heterocycles. The second-order valence-corrected chi connectivity index (χ2v) is 5.82. The summed E-state index contributed by atoms with van der Waals surface area (Å²) in [7, 11) is 0. The minimum absolute atomic E-state index is 0.0806. The molecule has 3 rings (SSSR count). The third kappa shape index (κ3) is 2.71. The first kappa shape index (κ1) is 12.4. The van der Waals surface area contributed by atoms with Gasteiger partial charge in [0.15, 0.2) is 0 Å². The van der Waals surface area contributed by atoms with Crippen LogP contribution in [0.2, 0.25) is 0 Å². The standard InChI is InChI=1S/C16H17NOS/c18-16(17-10-12-6-2-1-3-7-12)15-14-9-5-4-8-13(14)11-19-15/h1-3,6-7,11H,4-5,8-10H2,(H,17,18). The number of rotatable bonds is 3. The molecule has 1 N–H and O–H groups in total. The first-order valence-electron chi connectivity index (χ1n) is 6.76. The van der Waals surface area contributed by atoms with Crippen molar-refractivity contribution >= 4 is 17.2 Å². The zero-order valence-electron chi connectivity index (χ0n) is 10.8. The van der Waals surface area contributed by atoms with E-state index >= 15 is 0 Å². The fourth-order valence-corrected chi connectivity index (χ4v) is 3.64. The highest BCUT2D eigenvalue weighted by Crippen LogP contribution is 2.29. The number of benzene rings is 1. The van der Waals surface area contributed by atoms with E-state index in [4.69, 9.17) is 0 Å². The lowest BCUT2D eigenvalue weighted by molar-refractivity contribution is 0.0954. The highest BCUT2D eigenvalue weighted by atomic mass is 32.1. The van der Waals surface area contributed by atoms with Gasteiger partial charge in [-0.05, 0) is 47.8 Å². The van der Waals surface area contributed by atoms with Crippen LogP contribution in [-0.4, -0.2) is 5.91 Å². The number of fused-ring (bicyclic) bond motifs is 1. The summed E-state index contributed by atoms with van der Waals surface area (Å²) in [5.74, 6) is 0.0806. The topological polar surface area (TPSA) is 29.1 Å². The van der Waals surface area contributed by atoms with Gasteiger partial charge in [0.1, 0.15) is 0 Å². The van der Waals surface area contributed by atoms with Crippen LogP contribution in [0.5, 0.6) is 0 Å². The van der Waals surface area contributed by atoms with Crippen LogP contribution in [-0.2, 0) is 19.4 Å². The first-order chi connectivity index (χ1) is 9.34. The summed E-state index contributed by atoms with van der Waals surface area (Å²) in [4.78, 5) is 13.2. The quantitative estimate of drug-likeness (QED) is 0.908. The molecule has 0 unspecified atom stereocenters. The lowest BCUT2D eigenvalue weighted by atomic mass is 9.94. The van der Waals surface area contributed by atoms with Crippen molar-refractivity contribution in [1.82, 2.24) is 5.32 Å². The number of carbonyl (C=O) groups excluding carboxylic acids is 1. The summed E-state index contributed by atoms with van der Waals surface area (Å²) in [5, 5.41) is 5.18. The number of hydrogen-bond acceptors (Lipinski definition) is 2. The van der Waals surface area contributed by atoms with E-state index in [-0.39, 0.29) is 5.91 Å². The van der Waals surface area contributed by atoms with Crippen molar-refractivity contribution in [3.63, 3.8) is 0 Å². The minimum Gasteiger partial charge on any atom is -0.347 e. The van der Waals surface area contributed by atoms with Gasteiger partial charge >= 0.3 is 0 Å². The van der Waals surface area contributed by atoms with Gasteiger partial charge in [-0.1, -0.05) is 30.3 Å². The highest BCUT2D eigenvalue weighted by molar-refractivity contribution is 7.12. The average Bonchev–Trinajstić information content (AvgIpc) is 2.90. The fraction of sp³-hybridized carbons (Fsp3) is 0.312. The molecule has 19 heavy (non-hydrogen) atoms. The summed E-state index contributed by atoms with van der Waals surface area (Å²) in [6.07, 6.45) is 4.67. The summed E-state index contributed by atoms with van der Waals surface area (Å²) in [5.41, 5.74) is 3.82. The fourth-order valence-electron chi connectivity index (χ4n) is 2.57. The molecule has 1 aliphatic carbocycles. The van der Waals surface area contributed by atoms with E-state index in [1.54, 1.807) is 11.3 Å². The van der Waals surface area contributed by atoms with E-state index in [1.165, 1.54) is 24.0 Å². The number of hydrogen-bond donors (Lipinski definition) is 1. The maximum absolute atomic E-state index is 12.3. The monoisotopic (exact) mass is 271 g/mol. The van der Waals surface area contributed by atoms with Crippen molar-refractivity contribution < 1.29 is 4.79 Å². The van der Waals surface area contributed by atoms with Crippen molar-refractivity contribution in [1.29, 1.82) is 0 Å². The van der Waals surface area contributed by atoms with Crippen LogP contribution in [0.15, 0.2) is 35.7 Å². The van der Waals surface area contributed by atoms with E-state index < -0.39 is 0 Å². The van der Waals surface area contributed by atoms with E-state index in [0.717, 1.165) is 23.3 Å². The largest absolute Gasteiger partial charge is 0.347 e. The third-order valence-electron chi connectivity index (χ3n) is 3.61. The molecule has 1 aromatic heterocycles. The van der Waals surface area contributed by atoms with Crippen molar-refractivity contribution in [2.45, 2.75) is 32.2 Å². The van der Waals surface area contributed by atoms with Crippen molar-refractivity contribution in [2.24, 2.45) is 0 Å². The van der Waals surface area contributed by atoms with Gasteiger partial charge in [0.05, 0.1) is 4.88 Å². The maximum Gasteiger partial charge on any atom is 0.261 e. The smallest absolute Gasteiger partial charge is 0.261 e. The van der Waals surface area contributed by atoms with Gasteiger partial charge in [0, 0.05) is 6.54 Å². The molecule has 0 saturated carbocycles. The molecule has 0 fully saturated rings. The number of nitrogens with one attached hydrogen (secondary N) is 1. The predicted molar refractivity (Wildman–Crippen MR) is 78.6 cm³/mol. The maximum atomic E-state index is 12.3. The Morgan fingerprint density at radius 1 is 1.16 bits per heavy atom. The van der Waals surface area contributed by atoms with Crippen LogP contribution in [0.4, 0.5) is 0 Å². The van der Waals surface area contributed by atoms with Gasteiger partial charge in [-0.3, -0.25) is 4.79 Å². The van der Waals surface area contributed by atoms with Crippen LogP contribution in [0.3, 0.4) is 0 Å².